The van der Waals surface area contributed by atoms with E-state index in [0.717, 1.165) is 16.9 Å². The van der Waals surface area contributed by atoms with Crippen molar-refractivity contribution >= 4 is 35.1 Å². The van der Waals surface area contributed by atoms with E-state index >= 15 is 0 Å². The number of halogens is 1. The number of para-hydroxylation sites is 1. The van der Waals surface area contributed by atoms with E-state index in [4.69, 9.17) is 11.6 Å². The van der Waals surface area contributed by atoms with Gasteiger partial charge in [0, 0.05) is 10.7 Å². The lowest BCUT2D eigenvalue weighted by molar-refractivity contribution is -0.105. The Balaban J connectivity index is 2.34. The minimum Gasteiger partial charge on any atom is -0.354 e. The molecule has 0 atom stereocenters. The first-order chi connectivity index (χ1) is 8.70. The number of hydrogen-bond donors (Lipinski definition) is 2. The summed E-state index contributed by atoms with van der Waals surface area (Å²) in [5.74, 6) is 0. The maximum absolute atomic E-state index is 10.6. The Morgan fingerprint density at radius 2 is 1.83 bits per heavy atom. The predicted octanol–water partition coefficient (Wildman–Crippen LogP) is 3.96. The normalized spacial score (nSPS) is 9.89. The van der Waals surface area contributed by atoms with Crippen molar-refractivity contribution in [2.75, 3.05) is 10.6 Å². The third-order valence-corrected chi connectivity index (χ3v) is 2.85. The molecular formula is C14H13ClN2O. The van der Waals surface area contributed by atoms with Gasteiger partial charge in [0.2, 0.25) is 6.41 Å². The third-order valence-electron chi connectivity index (χ3n) is 2.61. The van der Waals surface area contributed by atoms with E-state index in [0.29, 0.717) is 17.1 Å². The summed E-state index contributed by atoms with van der Waals surface area (Å²) < 4.78 is 0. The highest BCUT2D eigenvalue weighted by atomic mass is 35.5. The molecule has 0 aromatic heterocycles. The van der Waals surface area contributed by atoms with Gasteiger partial charge < -0.3 is 10.6 Å². The number of anilines is 3. The Bertz CT molecular complexity index is 569. The van der Waals surface area contributed by atoms with Gasteiger partial charge in [-0.3, -0.25) is 4.79 Å². The first-order valence-electron chi connectivity index (χ1n) is 5.53. The zero-order chi connectivity index (χ0) is 13.0. The van der Waals surface area contributed by atoms with Crippen LogP contribution in [-0.2, 0) is 4.79 Å². The van der Waals surface area contributed by atoms with E-state index in [-0.39, 0.29) is 0 Å². The Hall–Kier alpha value is -2.00. The van der Waals surface area contributed by atoms with Crippen molar-refractivity contribution in [2.45, 2.75) is 6.92 Å². The highest BCUT2D eigenvalue weighted by molar-refractivity contribution is 6.31. The molecule has 2 N–H and O–H groups in total. The average molecular weight is 261 g/mol. The summed E-state index contributed by atoms with van der Waals surface area (Å²) in [7, 11) is 0. The highest BCUT2D eigenvalue weighted by Crippen LogP contribution is 2.29. The van der Waals surface area contributed by atoms with Crippen LogP contribution in [0.4, 0.5) is 17.1 Å². The minimum atomic E-state index is 0.578. The van der Waals surface area contributed by atoms with Gasteiger partial charge in [0.05, 0.1) is 11.4 Å². The largest absolute Gasteiger partial charge is 0.354 e. The van der Waals surface area contributed by atoms with Crippen molar-refractivity contribution in [2.24, 2.45) is 0 Å². The van der Waals surface area contributed by atoms with Gasteiger partial charge in [0.1, 0.15) is 0 Å². The topological polar surface area (TPSA) is 41.1 Å². The lowest BCUT2D eigenvalue weighted by atomic mass is 10.2. The van der Waals surface area contributed by atoms with Gasteiger partial charge in [-0.2, -0.15) is 0 Å². The molecule has 1 amide bonds. The van der Waals surface area contributed by atoms with Crippen LogP contribution in [0.25, 0.3) is 0 Å². The quantitative estimate of drug-likeness (QED) is 0.817. The Labute approximate surface area is 111 Å². The Morgan fingerprint density at radius 3 is 2.56 bits per heavy atom. The number of benzene rings is 2. The molecule has 0 spiro atoms. The predicted molar refractivity (Wildman–Crippen MR) is 75.6 cm³/mol. The molecule has 0 unspecified atom stereocenters. The van der Waals surface area contributed by atoms with E-state index in [1.165, 1.54) is 0 Å². The monoisotopic (exact) mass is 260 g/mol. The fourth-order valence-electron chi connectivity index (χ4n) is 1.67. The van der Waals surface area contributed by atoms with Crippen LogP contribution in [0, 0.1) is 6.92 Å². The van der Waals surface area contributed by atoms with E-state index < -0.39 is 0 Å². The second-order valence-electron chi connectivity index (χ2n) is 3.89. The summed E-state index contributed by atoms with van der Waals surface area (Å²) in [5, 5.41) is 6.48. The van der Waals surface area contributed by atoms with E-state index in [9.17, 15) is 4.79 Å². The first-order valence-corrected chi connectivity index (χ1v) is 5.91. The summed E-state index contributed by atoms with van der Waals surface area (Å²) in [4.78, 5) is 10.6. The van der Waals surface area contributed by atoms with Gasteiger partial charge in [-0.15, -0.1) is 0 Å². The molecule has 92 valence electrons. The van der Waals surface area contributed by atoms with Crippen LogP contribution in [0.2, 0.25) is 5.02 Å². The molecule has 0 saturated heterocycles. The standard InChI is InChI=1S/C14H13ClN2O/c1-10-4-2-3-5-12(10)17-13-7-6-11(15)8-14(13)16-9-18/h2-9,17H,1H3,(H,16,18). The summed E-state index contributed by atoms with van der Waals surface area (Å²) in [5.41, 5.74) is 3.58. The summed E-state index contributed by atoms with van der Waals surface area (Å²) in [6.45, 7) is 2.02. The van der Waals surface area contributed by atoms with Gasteiger partial charge in [0.15, 0.2) is 0 Å². The van der Waals surface area contributed by atoms with Crippen LogP contribution in [0.1, 0.15) is 5.56 Å². The van der Waals surface area contributed by atoms with Crippen LogP contribution >= 0.6 is 11.6 Å². The number of amides is 1. The number of carbonyl (C=O) groups excluding carboxylic acids is 1. The van der Waals surface area contributed by atoms with Gasteiger partial charge >= 0.3 is 0 Å². The zero-order valence-electron chi connectivity index (χ0n) is 9.91. The molecule has 2 aromatic carbocycles. The van der Waals surface area contributed by atoms with Crippen LogP contribution in [0.3, 0.4) is 0 Å². The molecule has 0 aliphatic carbocycles. The zero-order valence-corrected chi connectivity index (χ0v) is 10.7. The lowest BCUT2D eigenvalue weighted by Gasteiger charge is -2.13. The molecule has 3 nitrogen and oxygen atoms in total. The van der Waals surface area contributed by atoms with Crippen molar-refractivity contribution in [3.05, 3.63) is 53.1 Å². The van der Waals surface area contributed by atoms with Crippen molar-refractivity contribution in [3.8, 4) is 0 Å². The SMILES string of the molecule is Cc1ccccc1Nc1ccc(Cl)cc1NC=O. The molecule has 18 heavy (non-hydrogen) atoms. The lowest BCUT2D eigenvalue weighted by Crippen LogP contribution is -2.00. The highest BCUT2D eigenvalue weighted by Gasteiger charge is 2.04. The molecule has 0 aliphatic heterocycles. The molecule has 0 radical (unpaired) electrons. The summed E-state index contributed by atoms with van der Waals surface area (Å²) in [6.07, 6.45) is 0.634. The third kappa shape index (κ3) is 2.81. The van der Waals surface area contributed by atoms with Crippen LogP contribution in [-0.4, -0.2) is 6.41 Å². The van der Waals surface area contributed by atoms with E-state index in [1.54, 1.807) is 12.1 Å². The number of carbonyl (C=O) groups is 1. The second kappa shape index (κ2) is 5.56. The van der Waals surface area contributed by atoms with Crippen molar-refractivity contribution in [1.82, 2.24) is 0 Å². The molecule has 2 rings (SSSR count). The number of rotatable bonds is 4. The van der Waals surface area contributed by atoms with E-state index in [1.807, 2.05) is 37.3 Å². The molecular weight excluding hydrogens is 248 g/mol. The van der Waals surface area contributed by atoms with Crippen LogP contribution in [0.5, 0.6) is 0 Å². The van der Waals surface area contributed by atoms with Crippen LogP contribution < -0.4 is 10.6 Å². The Kier molecular flexibility index (Phi) is 3.85. The fraction of sp³-hybridized carbons (Fsp3) is 0.0714. The number of hydrogen-bond acceptors (Lipinski definition) is 2. The maximum atomic E-state index is 10.6. The second-order valence-corrected chi connectivity index (χ2v) is 4.33. The molecule has 0 fully saturated rings. The smallest absolute Gasteiger partial charge is 0.211 e. The van der Waals surface area contributed by atoms with Gasteiger partial charge in [-0.25, -0.2) is 0 Å². The molecule has 0 heterocycles. The van der Waals surface area contributed by atoms with Crippen molar-refractivity contribution < 1.29 is 4.79 Å². The molecule has 0 aliphatic rings. The van der Waals surface area contributed by atoms with Crippen molar-refractivity contribution in [1.29, 1.82) is 0 Å². The van der Waals surface area contributed by atoms with Gasteiger partial charge in [-0.05, 0) is 36.8 Å². The van der Waals surface area contributed by atoms with Crippen LogP contribution in [0.15, 0.2) is 42.5 Å². The van der Waals surface area contributed by atoms with Crippen molar-refractivity contribution in [3.63, 3.8) is 0 Å². The maximum Gasteiger partial charge on any atom is 0.211 e. The molecule has 0 saturated carbocycles. The number of nitrogens with one attached hydrogen (secondary N) is 2. The van der Waals surface area contributed by atoms with Gasteiger partial charge in [-0.1, -0.05) is 29.8 Å². The average Bonchev–Trinajstić information content (AvgIpc) is 2.35. The van der Waals surface area contributed by atoms with Gasteiger partial charge in [0.25, 0.3) is 0 Å². The molecule has 4 heteroatoms. The van der Waals surface area contributed by atoms with E-state index in [2.05, 4.69) is 10.6 Å². The Morgan fingerprint density at radius 1 is 1.06 bits per heavy atom. The summed E-state index contributed by atoms with van der Waals surface area (Å²) >= 11 is 5.90. The molecule has 2 aromatic rings. The number of aryl methyl sites for hydroxylation is 1. The first kappa shape index (κ1) is 12.5. The fourth-order valence-corrected chi connectivity index (χ4v) is 1.84. The molecule has 0 bridgehead atoms. The summed E-state index contributed by atoms with van der Waals surface area (Å²) in [6, 6.07) is 13.3. The minimum absolute atomic E-state index is 0.578.